The van der Waals surface area contributed by atoms with Crippen molar-refractivity contribution < 1.29 is 19.7 Å². The summed E-state index contributed by atoms with van der Waals surface area (Å²) in [6.45, 7) is 1.08. The molecule has 3 atom stereocenters. The molecule has 1 aromatic carbocycles. The molecule has 3 aromatic rings. The molecule has 3 heterocycles. The van der Waals surface area contributed by atoms with Gasteiger partial charge in [0.25, 0.3) is 5.56 Å². The Labute approximate surface area is 170 Å². The second kappa shape index (κ2) is 7.72. The van der Waals surface area contributed by atoms with Gasteiger partial charge in [-0.1, -0.05) is 24.1 Å². The van der Waals surface area contributed by atoms with Crippen molar-refractivity contribution in [2.75, 3.05) is 12.3 Å². The van der Waals surface area contributed by atoms with E-state index in [9.17, 15) is 19.8 Å². The molecule has 0 unspecified atom stereocenters. The minimum atomic E-state index is -0.906. The van der Waals surface area contributed by atoms with Crippen LogP contribution >= 0.6 is 0 Å². The van der Waals surface area contributed by atoms with E-state index in [1.807, 2.05) is 0 Å². The first-order valence-electron chi connectivity index (χ1n) is 9.23. The minimum absolute atomic E-state index is 0.0129. The Bertz CT molecular complexity index is 1250. The van der Waals surface area contributed by atoms with Crippen molar-refractivity contribution in [2.45, 2.75) is 31.8 Å². The van der Waals surface area contributed by atoms with E-state index in [-0.39, 0.29) is 41.7 Å². The Morgan fingerprint density at radius 1 is 1.37 bits per heavy atom. The van der Waals surface area contributed by atoms with Crippen LogP contribution in [0, 0.1) is 11.8 Å². The van der Waals surface area contributed by atoms with E-state index < -0.39 is 24.0 Å². The van der Waals surface area contributed by atoms with Crippen LogP contribution in [0.4, 0.5) is 5.95 Å². The number of nitrogen functional groups attached to an aromatic ring is 1. The van der Waals surface area contributed by atoms with E-state index in [1.54, 1.807) is 24.3 Å². The zero-order valence-electron chi connectivity index (χ0n) is 16.0. The van der Waals surface area contributed by atoms with Crippen molar-refractivity contribution in [1.29, 1.82) is 0 Å². The van der Waals surface area contributed by atoms with Crippen LogP contribution in [-0.2, 0) is 4.74 Å². The minimum Gasteiger partial charge on any atom is -0.394 e. The number of hydrogen-bond acceptors (Lipinski definition) is 8. The molecular formula is C20H19N5O5. The van der Waals surface area contributed by atoms with E-state index in [1.165, 1.54) is 11.5 Å². The first-order chi connectivity index (χ1) is 14.4. The van der Waals surface area contributed by atoms with Gasteiger partial charge in [-0.05, 0) is 18.9 Å². The van der Waals surface area contributed by atoms with Crippen LogP contribution < -0.4 is 11.3 Å². The Balaban J connectivity index is 1.88. The Morgan fingerprint density at radius 3 is 2.83 bits per heavy atom. The number of benzene rings is 1. The number of carbonyl (C=O) groups is 1. The summed E-state index contributed by atoms with van der Waals surface area (Å²) >= 11 is 0. The molecule has 0 radical (unpaired) electrons. The average Bonchev–Trinajstić information content (AvgIpc) is 3.26. The van der Waals surface area contributed by atoms with E-state index >= 15 is 0 Å². The number of nitrogens with zero attached hydrogens (tertiary/aromatic N) is 3. The van der Waals surface area contributed by atoms with E-state index in [4.69, 9.17) is 10.5 Å². The third kappa shape index (κ3) is 3.46. The number of aliphatic hydroxyl groups is 2. The molecule has 0 aliphatic carbocycles. The quantitative estimate of drug-likeness (QED) is 0.346. The molecule has 1 aliphatic heterocycles. The summed E-state index contributed by atoms with van der Waals surface area (Å²) < 4.78 is 7.19. The van der Waals surface area contributed by atoms with E-state index in [0.29, 0.717) is 11.1 Å². The van der Waals surface area contributed by atoms with Gasteiger partial charge in [-0.15, -0.1) is 0 Å². The number of fused-ring (bicyclic) bond motifs is 1. The van der Waals surface area contributed by atoms with Crippen molar-refractivity contribution in [3.8, 4) is 11.8 Å². The van der Waals surface area contributed by atoms with Gasteiger partial charge in [-0.2, -0.15) is 4.98 Å². The number of carbonyl (C=O) groups excluding carboxylic acids is 1. The molecule has 2 aromatic heterocycles. The third-order valence-corrected chi connectivity index (χ3v) is 4.86. The standard InChI is InChI=1S/C20H19N5O5/c1-10(27)12-5-3-2-4-11(12)6-7-15-22-17-18(23-20(21)24-19(17)29)25(15)16-8-13(28)14(9-26)30-16/h2-5,13-14,16,26,28H,8-9H2,1H3,(H3,21,23,24,29)/t13-,14+,16+/m0/s1. The number of imidazole rings is 1. The average molecular weight is 409 g/mol. The fourth-order valence-corrected chi connectivity index (χ4v) is 3.42. The predicted octanol–water partition coefficient (Wildman–Crippen LogP) is -0.0551. The van der Waals surface area contributed by atoms with E-state index in [0.717, 1.165) is 0 Å². The monoisotopic (exact) mass is 409 g/mol. The summed E-state index contributed by atoms with van der Waals surface area (Å²) in [6, 6.07) is 6.88. The lowest BCUT2D eigenvalue weighted by Crippen LogP contribution is -2.24. The molecule has 154 valence electrons. The molecule has 10 heteroatoms. The highest BCUT2D eigenvalue weighted by Crippen LogP contribution is 2.31. The van der Waals surface area contributed by atoms with Crippen LogP contribution in [0.2, 0.25) is 0 Å². The molecule has 1 aliphatic rings. The molecular weight excluding hydrogens is 390 g/mol. The lowest BCUT2D eigenvalue weighted by Gasteiger charge is -2.15. The van der Waals surface area contributed by atoms with Crippen LogP contribution in [0.5, 0.6) is 0 Å². The number of aliphatic hydroxyl groups excluding tert-OH is 2. The second-order valence-electron chi connectivity index (χ2n) is 6.90. The molecule has 0 saturated carbocycles. The van der Waals surface area contributed by atoms with Crippen LogP contribution in [0.15, 0.2) is 29.1 Å². The van der Waals surface area contributed by atoms with Crippen molar-refractivity contribution in [3.63, 3.8) is 0 Å². The van der Waals surface area contributed by atoms with Crippen molar-refractivity contribution >= 4 is 22.9 Å². The van der Waals surface area contributed by atoms with Crippen molar-refractivity contribution in [2.24, 2.45) is 0 Å². The maximum Gasteiger partial charge on any atom is 0.280 e. The van der Waals surface area contributed by atoms with Gasteiger partial charge >= 0.3 is 0 Å². The molecule has 0 amide bonds. The van der Waals surface area contributed by atoms with Crippen LogP contribution in [0.25, 0.3) is 11.2 Å². The summed E-state index contributed by atoms with van der Waals surface area (Å²) in [5.74, 6) is 5.71. The molecule has 5 N–H and O–H groups in total. The highest BCUT2D eigenvalue weighted by Gasteiger charge is 2.36. The number of aromatic amines is 1. The van der Waals surface area contributed by atoms with Gasteiger partial charge in [0.2, 0.25) is 5.95 Å². The van der Waals surface area contributed by atoms with Gasteiger partial charge in [0.15, 0.2) is 22.8 Å². The molecule has 1 saturated heterocycles. The van der Waals surface area contributed by atoms with Gasteiger partial charge in [0.05, 0.1) is 12.7 Å². The molecule has 0 spiro atoms. The number of Topliss-reactive ketones (excluding diaryl/α,β-unsaturated/α-hetero) is 1. The van der Waals surface area contributed by atoms with Crippen LogP contribution in [0.1, 0.15) is 41.3 Å². The van der Waals surface area contributed by atoms with Gasteiger partial charge in [-0.3, -0.25) is 19.1 Å². The fourth-order valence-electron chi connectivity index (χ4n) is 3.42. The predicted molar refractivity (Wildman–Crippen MR) is 107 cm³/mol. The molecule has 1 fully saturated rings. The summed E-state index contributed by atoms with van der Waals surface area (Å²) in [4.78, 5) is 35.0. The highest BCUT2D eigenvalue weighted by atomic mass is 16.5. The molecule has 4 rings (SSSR count). The van der Waals surface area contributed by atoms with Gasteiger partial charge in [-0.25, -0.2) is 4.98 Å². The number of nitrogens with one attached hydrogen (secondary N) is 1. The number of ether oxygens (including phenoxy) is 1. The summed E-state index contributed by atoms with van der Waals surface area (Å²) in [7, 11) is 0. The number of nitrogens with two attached hydrogens (primary N) is 1. The van der Waals surface area contributed by atoms with E-state index in [2.05, 4.69) is 26.8 Å². The van der Waals surface area contributed by atoms with Crippen LogP contribution in [-0.4, -0.2) is 54.3 Å². The van der Waals surface area contributed by atoms with Gasteiger partial charge < -0.3 is 20.7 Å². The van der Waals surface area contributed by atoms with Crippen molar-refractivity contribution in [3.05, 3.63) is 51.6 Å². The number of H-pyrrole nitrogens is 1. The smallest absolute Gasteiger partial charge is 0.280 e. The normalized spacial score (nSPS) is 20.8. The summed E-state index contributed by atoms with van der Waals surface area (Å²) in [5.41, 5.74) is 6.27. The molecule has 30 heavy (non-hydrogen) atoms. The topological polar surface area (TPSA) is 156 Å². The maximum atomic E-state index is 12.3. The zero-order valence-corrected chi connectivity index (χ0v) is 16.0. The Hall–Kier alpha value is -3.52. The second-order valence-corrected chi connectivity index (χ2v) is 6.90. The largest absolute Gasteiger partial charge is 0.394 e. The first-order valence-corrected chi connectivity index (χ1v) is 9.23. The fraction of sp³-hybridized carbons (Fsp3) is 0.300. The summed E-state index contributed by atoms with van der Waals surface area (Å²) in [6.07, 6.45) is -2.31. The number of hydrogen-bond donors (Lipinski definition) is 4. The highest BCUT2D eigenvalue weighted by molar-refractivity contribution is 5.96. The number of aromatic nitrogens is 4. The third-order valence-electron chi connectivity index (χ3n) is 4.86. The Kier molecular flexibility index (Phi) is 5.09. The van der Waals surface area contributed by atoms with Crippen LogP contribution in [0.3, 0.4) is 0 Å². The Morgan fingerprint density at radius 2 is 2.13 bits per heavy atom. The molecule has 10 nitrogen and oxygen atoms in total. The number of ketones is 1. The number of anilines is 1. The summed E-state index contributed by atoms with van der Waals surface area (Å²) in [5, 5.41) is 19.5. The van der Waals surface area contributed by atoms with Gasteiger partial charge in [0, 0.05) is 17.5 Å². The first kappa shape index (κ1) is 19.8. The maximum absolute atomic E-state index is 12.3. The molecule has 0 bridgehead atoms. The lowest BCUT2D eigenvalue weighted by molar-refractivity contribution is -0.0434. The number of rotatable bonds is 3. The van der Waals surface area contributed by atoms with Crippen molar-refractivity contribution in [1.82, 2.24) is 19.5 Å². The SMILES string of the molecule is CC(=O)c1ccccc1C#Cc1nc2c(=O)[nH]c(N)nc2n1[C@H]1C[C@H](O)[C@@H](CO)O1. The zero-order chi connectivity index (χ0) is 21.4. The van der Waals surface area contributed by atoms with Gasteiger partial charge in [0.1, 0.15) is 12.3 Å². The lowest BCUT2D eigenvalue weighted by atomic mass is 10.1.